The first kappa shape index (κ1) is 26.1. The van der Waals surface area contributed by atoms with Crippen molar-refractivity contribution in [1.29, 1.82) is 0 Å². The summed E-state index contributed by atoms with van der Waals surface area (Å²) >= 11 is -1.44. The Labute approximate surface area is 228 Å². The fourth-order valence-electron chi connectivity index (χ4n) is 5.13. The van der Waals surface area contributed by atoms with Crippen molar-refractivity contribution in [2.75, 3.05) is 11.4 Å². The van der Waals surface area contributed by atoms with Crippen LogP contribution in [0, 0.1) is 0 Å². The van der Waals surface area contributed by atoms with Crippen LogP contribution in [0.1, 0.15) is 59.0 Å². The Kier molecular flexibility index (Phi) is 7.87. The summed E-state index contributed by atoms with van der Waals surface area (Å²) in [4.78, 5) is 15.8. The summed E-state index contributed by atoms with van der Waals surface area (Å²) in [7, 11) is 1.37. The number of hydrogen-bond donors (Lipinski definition) is 1. The summed E-state index contributed by atoms with van der Waals surface area (Å²) in [5.74, 6) is 0.178. The number of aromatic nitrogens is 1. The Morgan fingerprint density at radius 3 is 2.21 bits per heavy atom. The molecule has 0 bridgehead atoms. The molecule has 1 atom stereocenters. The largest absolute Gasteiger partial charge is 0.755 e. The standard InChI is InChI=1S/C29H28N2O5S2/c1-36-26-17-24(29(32)33)15-16-25(26)31(38(34)35)27-18-30-28(37-27)23-13-11-22(12-14-23)21-9-7-20(8-10-21)19-5-3-2-4-6-19/h2-6,11-18,20-21H,7-10H2,1H3,(H,32,33)(H,34,35)/p-1. The van der Waals surface area contributed by atoms with E-state index in [-0.39, 0.29) is 17.0 Å². The van der Waals surface area contributed by atoms with E-state index in [4.69, 9.17) is 4.74 Å². The second kappa shape index (κ2) is 11.5. The molecular weight excluding hydrogens is 520 g/mol. The first-order chi connectivity index (χ1) is 18.4. The van der Waals surface area contributed by atoms with Crippen LogP contribution < -0.4 is 9.04 Å². The van der Waals surface area contributed by atoms with Gasteiger partial charge in [-0.2, -0.15) is 0 Å². The van der Waals surface area contributed by atoms with Crippen molar-refractivity contribution in [3.63, 3.8) is 0 Å². The zero-order valence-electron chi connectivity index (χ0n) is 20.8. The molecule has 1 saturated carbocycles. The molecule has 0 aliphatic heterocycles. The fraction of sp³-hybridized carbons (Fsp3) is 0.241. The number of carboxylic acid groups (broad SMARTS) is 1. The minimum atomic E-state index is -2.68. The van der Waals surface area contributed by atoms with E-state index in [1.807, 2.05) is 12.1 Å². The van der Waals surface area contributed by atoms with E-state index in [0.29, 0.717) is 21.8 Å². The molecule has 1 aliphatic rings. The Morgan fingerprint density at radius 2 is 1.63 bits per heavy atom. The topological polar surface area (TPSA) is 103 Å². The zero-order valence-corrected chi connectivity index (χ0v) is 22.4. The number of rotatable bonds is 8. The van der Waals surface area contributed by atoms with E-state index in [9.17, 15) is 18.7 Å². The summed E-state index contributed by atoms with van der Waals surface area (Å²) in [6.45, 7) is 0. The van der Waals surface area contributed by atoms with E-state index in [1.54, 1.807) is 0 Å². The maximum atomic E-state index is 12.2. The van der Waals surface area contributed by atoms with Gasteiger partial charge in [0.05, 0.1) is 35.8 Å². The normalized spacial score (nSPS) is 18.1. The number of ether oxygens (including phenoxy) is 1. The van der Waals surface area contributed by atoms with Crippen LogP contribution in [-0.4, -0.2) is 31.9 Å². The Hall–Kier alpha value is -3.53. The SMILES string of the molecule is COc1cc(C(=O)O)ccc1N(c1cnc(-c2ccc(C3CCC(c4ccccc4)CC3)cc2)s1)S(=O)[O-]. The lowest BCUT2D eigenvalue weighted by molar-refractivity contribution is 0.0696. The van der Waals surface area contributed by atoms with E-state index in [1.165, 1.54) is 66.8 Å². The van der Waals surface area contributed by atoms with Gasteiger partial charge in [0, 0.05) is 5.56 Å². The number of hydrogen-bond acceptors (Lipinski definition) is 6. The molecule has 5 rings (SSSR count). The molecule has 1 unspecified atom stereocenters. The summed E-state index contributed by atoms with van der Waals surface area (Å²) in [6, 6.07) is 23.2. The number of benzene rings is 3. The summed E-state index contributed by atoms with van der Waals surface area (Å²) < 4.78 is 30.7. The van der Waals surface area contributed by atoms with Crippen molar-refractivity contribution >= 4 is 39.3 Å². The average Bonchev–Trinajstić information content (AvgIpc) is 3.43. The van der Waals surface area contributed by atoms with Crippen molar-refractivity contribution in [1.82, 2.24) is 4.98 Å². The van der Waals surface area contributed by atoms with Crippen LogP contribution in [0.2, 0.25) is 0 Å². The average molecular weight is 548 g/mol. The van der Waals surface area contributed by atoms with Crippen LogP contribution in [0.3, 0.4) is 0 Å². The zero-order chi connectivity index (χ0) is 26.6. The predicted molar refractivity (Wildman–Crippen MR) is 149 cm³/mol. The van der Waals surface area contributed by atoms with Gasteiger partial charge in [-0.25, -0.2) is 9.78 Å². The van der Waals surface area contributed by atoms with Gasteiger partial charge in [0.1, 0.15) is 15.8 Å². The van der Waals surface area contributed by atoms with Crippen LogP contribution in [0.4, 0.5) is 10.7 Å². The van der Waals surface area contributed by atoms with Crippen LogP contribution in [-0.2, 0) is 11.3 Å². The molecule has 196 valence electrons. The second-order valence-electron chi connectivity index (χ2n) is 9.29. The van der Waals surface area contributed by atoms with Crippen molar-refractivity contribution in [2.24, 2.45) is 0 Å². The summed E-state index contributed by atoms with van der Waals surface area (Å²) in [6.07, 6.45) is 6.19. The highest BCUT2D eigenvalue weighted by Crippen LogP contribution is 2.42. The van der Waals surface area contributed by atoms with Gasteiger partial charge in [0.2, 0.25) is 0 Å². The molecule has 0 spiro atoms. The molecule has 1 aliphatic carbocycles. The van der Waals surface area contributed by atoms with Crippen molar-refractivity contribution < 1.29 is 23.4 Å². The lowest BCUT2D eigenvalue weighted by Gasteiger charge is -2.29. The molecule has 1 N–H and O–H groups in total. The lowest BCUT2D eigenvalue weighted by Crippen LogP contribution is -2.19. The minimum Gasteiger partial charge on any atom is -0.755 e. The highest BCUT2D eigenvalue weighted by Gasteiger charge is 2.24. The van der Waals surface area contributed by atoms with Gasteiger partial charge in [-0.3, -0.25) is 8.51 Å². The molecule has 0 amide bonds. The van der Waals surface area contributed by atoms with Crippen molar-refractivity contribution in [3.8, 4) is 16.3 Å². The van der Waals surface area contributed by atoms with Gasteiger partial charge in [0.15, 0.2) is 0 Å². The smallest absolute Gasteiger partial charge is 0.335 e. The number of thiazole rings is 1. The first-order valence-corrected chi connectivity index (χ1v) is 14.2. The van der Waals surface area contributed by atoms with Gasteiger partial charge in [-0.15, -0.1) is 0 Å². The third-order valence-corrected chi connectivity index (χ3v) is 8.95. The second-order valence-corrected chi connectivity index (χ2v) is 11.1. The number of carboxylic acids is 1. The summed E-state index contributed by atoms with van der Waals surface area (Å²) in [5.41, 5.74) is 3.88. The molecule has 3 aromatic carbocycles. The molecule has 38 heavy (non-hydrogen) atoms. The van der Waals surface area contributed by atoms with Gasteiger partial charge < -0.3 is 14.4 Å². The summed E-state index contributed by atoms with van der Waals surface area (Å²) in [5, 5.41) is 10.3. The van der Waals surface area contributed by atoms with E-state index in [0.717, 1.165) is 22.7 Å². The highest BCUT2D eigenvalue weighted by molar-refractivity contribution is 7.81. The Balaban J connectivity index is 1.32. The maximum absolute atomic E-state index is 12.2. The Morgan fingerprint density at radius 1 is 1.00 bits per heavy atom. The molecule has 9 heteroatoms. The number of carbonyl (C=O) groups is 1. The van der Waals surface area contributed by atoms with Crippen molar-refractivity contribution in [2.45, 2.75) is 37.5 Å². The molecule has 1 fully saturated rings. The minimum absolute atomic E-state index is 0.000803. The van der Waals surface area contributed by atoms with Crippen molar-refractivity contribution in [3.05, 3.63) is 95.7 Å². The molecule has 4 aromatic rings. The highest BCUT2D eigenvalue weighted by atomic mass is 32.2. The quantitative estimate of drug-likeness (QED) is 0.241. The van der Waals surface area contributed by atoms with Gasteiger partial charge >= 0.3 is 5.97 Å². The Bertz CT molecular complexity index is 1430. The van der Waals surface area contributed by atoms with Gasteiger partial charge in [-0.1, -0.05) is 65.9 Å². The first-order valence-electron chi connectivity index (χ1n) is 12.4. The van der Waals surface area contributed by atoms with Gasteiger partial charge in [-0.05, 0) is 66.8 Å². The molecule has 0 saturated heterocycles. The third kappa shape index (κ3) is 5.50. The third-order valence-electron chi connectivity index (χ3n) is 7.12. The predicted octanol–water partition coefficient (Wildman–Crippen LogP) is 6.89. The van der Waals surface area contributed by atoms with E-state index < -0.39 is 17.2 Å². The number of methoxy groups -OCH3 is 1. The number of nitrogens with zero attached hydrogens (tertiary/aromatic N) is 2. The molecule has 0 radical (unpaired) electrons. The molecule has 1 heterocycles. The molecular formula is C29H27N2O5S2-. The van der Waals surface area contributed by atoms with Crippen LogP contribution in [0.15, 0.2) is 79.0 Å². The monoisotopic (exact) mass is 547 g/mol. The molecule has 1 aromatic heterocycles. The lowest BCUT2D eigenvalue weighted by atomic mass is 9.76. The van der Waals surface area contributed by atoms with Gasteiger partial charge in [0.25, 0.3) is 0 Å². The number of aromatic carboxylic acids is 1. The number of anilines is 2. The molecule has 7 nitrogen and oxygen atoms in total. The fourth-order valence-corrected chi connectivity index (χ4v) is 6.77. The van der Waals surface area contributed by atoms with Crippen LogP contribution in [0.5, 0.6) is 5.75 Å². The van der Waals surface area contributed by atoms with Crippen LogP contribution >= 0.6 is 11.3 Å². The van der Waals surface area contributed by atoms with E-state index >= 15 is 0 Å². The van der Waals surface area contributed by atoms with Crippen LogP contribution in [0.25, 0.3) is 10.6 Å². The maximum Gasteiger partial charge on any atom is 0.335 e. The van der Waals surface area contributed by atoms with E-state index in [2.05, 4.69) is 47.4 Å².